The second-order valence-electron chi connectivity index (χ2n) is 6.26. The van der Waals surface area contributed by atoms with Gasteiger partial charge in [0.2, 0.25) is 0 Å². The number of H-pyrrole nitrogens is 1. The van der Waals surface area contributed by atoms with Crippen molar-refractivity contribution in [1.29, 1.82) is 0 Å². The van der Waals surface area contributed by atoms with E-state index in [1.165, 1.54) is 0 Å². The molecule has 0 spiro atoms. The Balaban J connectivity index is 2.83. The maximum atomic E-state index is 11.9. The Kier molecular flexibility index (Phi) is 3.17. The lowest BCUT2D eigenvalue weighted by atomic mass is 9.92. The standard InChI is InChI=1S/C13H22N2O/c1-12(2,3)10-7-9(8-14-10)11(16)15-13(4,5)6/h7-8,14H,1-6H3,(H,15,16). The Labute approximate surface area is 97.6 Å². The molecule has 0 saturated carbocycles. The van der Waals surface area contributed by atoms with E-state index in [-0.39, 0.29) is 16.9 Å². The first-order valence-corrected chi connectivity index (χ1v) is 5.61. The highest BCUT2D eigenvalue weighted by atomic mass is 16.1. The van der Waals surface area contributed by atoms with Crippen LogP contribution in [0.4, 0.5) is 0 Å². The van der Waals surface area contributed by atoms with E-state index in [4.69, 9.17) is 0 Å². The summed E-state index contributed by atoms with van der Waals surface area (Å²) in [7, 11) is 0. The zero-order valence-electron chi connectivity index (χ0n) is 11.1. The zero-order chi connectivity index (χ0) is 12.6. The van der Waals surface area contributed by atoms with E-state index in [0.29, 0.717) is 5.56 Å². The Morgan fingerprint density at radius 3 is 2.12 bits per heavy atom. The number of carbonyl (C=O) groups excluding carboxylic acids is 1. The fourth-order valence-electron chi connectivity index (χ4n) is 1.37. The lowest BCUT2D eigenvalue weighted by Gasteiger charge is -2.20. The van der Waals surface area contributed by atoms with Gasteiger partial charge in [-0.25, -0.2) is 0 Å². The minimum atomic E-state index is -0.198. The SMILES string of the molecule is CC(C)(C)NC(=O)c1c[nH]c(C(C)(C)C)c1. The number of nitrogens with one attached hydrogen (secondary N) is 2. The summed E-state index contributed by atoms with van der Waals surface area (Å²) in [6.07, 6.45) is 1.77. The lowest BCUT2D eigenvalue weighted by Crippen LogP contribution is -2.40. The molecule has 0 fully saturated rings. The molecule has 16 heavy (non-hydrogen) atoms. The molecule has 0 bridgehead atoms. The zero-order valence-corrected chi connectivity index (χ0v) is 11.1. The average Bonchev–Trinajstić information content (AvgIpc) is 2.46. The molecule has 1 rings (SSSR count). The first-order valence-electron chi connectivity index (χ1n) is 5.61. The minimum absolute atomic E-state index is 0.0285. The van der Waals surface area contributed by atoms with Crippen molar-refractivity contribution in [3.05, 3.63) is 23.5 Å². The van der Waals surface area contributed by atoms with Crippen molar-refractivity contribution >= 4 is 5.91 Å². The summed E-state index contributed by atoms with van der Waals surface area (Å²) in [5, 5.41) is 2.94. The fourth-order valence-corrected chi connectivity index (χ4v) is 1.37. The third-order valence-corrected chi connectivity index (χ3v) is 2.24. The quantitative estimate of drug-likeness (QED) is 0.754. The van der Waals surface area contributed by atoms with Crippen molar-refractivity contribution in [3.63, 3.8) is 0 Å². The molecule has 2 N–H and O–H groups in total. The van der Waals surface area contributed by atoms with Crippen molar-refractivity contribution in [2.45, 2.75) is 52.5 Å². The van der Waals surface area contributed by atoms with Crippen LogP contribution in [-0.4, -0.2) is 16.4 Å². The van der Waals surface area contributed by atoms with Gasteiger partial charge in [0, 0.05) is 22.8 Å². The Hall–Kier alpha value is -1.25. The van der Waals surface area contributed by atoms with Crippen molar-refractivity contribution < 1.29 is 4.79 Å². The largest absolute Gasteiger partial charge is 0.364 e. The molecule has 0 radical (unpaired) electrons. The van der Waals surface area contributed by atoms with E-state index in [0.717, 1.165) is 5.69 Å². The first-order chi connectivity index (χ1) is 7.09. The van der Waals surface area contributed by atoms with Gasteiger partial charge < -0.3 is 10.3 Å². The van der Waals surface area contributed by atoms with Gasteiger partial charge in [-0.2, -0.15) is 0 Å². The van der Waals surface area contributed by atoms with Gasteiger partial charge >= 0.3 is 0 Å². The summed E-state index contributed by atoms with van der Waals surface area (Å²) in [6, 6.07) is 1.92. The lowest BCUT2D eigenvalue weighted by molar-refractivity contribution is 0.0919. The predicted octanol–water partition coefficient (Wildman–Crippen LogP) is 2.84. The molecule has 1 aromatic rings. The highest BCUT2D eigenvalue weighted by Gasteiger charge is 2.20. The first kappa shape index (κ1) is 12.8. The number of amides is 1. The van der Waals surface area contributed by atoms with Crippen molar-refractivity contribution in [1.82, 2.24) is 10.3 Å². The van der Waals surface area contributed by atoms with Gasteiger partial charge in [-0.05, 0) is 26.8 Å². The van der Waals surface area contributed by atoms with Crippen LogP contribution in [0.25, 0.3) is 0 Å². The molecule has 0 saturated heterocycles. The minimum Gasteiger partial charge on any atom is -0.364 e. The van der Waals surface area contributed by atoms with Crippen LogP contribution in [0.1, 0.15) is 57.6 Å². The number of rotatable bonds is 1. The molecule has 90 valence electrons. The van der Waals surface area contributed by atoms with E-state index in [1.54, 1.807) is 6.20 Å². The van der Waals surface area contributed by atoms with Gasteiger partial charge in [0.05, 0.1) is 5.56 Å². The molecule has 3 nitrogen and oxygen atoms in total. The van der Waals surface area contributed by atoms with Crippen molar-refractivity contribution in [3.8, 4) is 0 Å². The van der Waals surface area contributed by atoms with E-state index >= 15 is 0 Å². The molecule has 3 heteroatoms. The van der Waals surface area contributed by atoms with Gasteiger partial charge in [-0.15, -0.1) is 0 Å². The summed E-state index contributed by atoms with van der Waals surface area (Å²) < 4.78 is 0. The van der Waals surface area contributed by atoms with Crippen LogP contribution in [0, 0.1) is 0 Å². The summed E-state index contributed by atoms with van der Waals surface area (Å²) >= 11 is 0. The summed E-state index contributed by atoms with van der Waals surface area (Å²) in [5.41, 5.74) is 1.61. The molecular weight excluding hydrogens is 200 g/mol. The normalized spacial score (nSPS) is 12.6. The van der Waals surface area contributed by atoms with Crippen LogP contribution >= 0.6 is 0 Å². The van der Waals surface area contributed by atoms with E-state index < -0.39 is 0 Å². The number of aromatic amines is 1. The van der Waals surface area contributed by atoms with Gasteiger partial charge in [0.25, 0.3) is 5.91 Å². The van der Waals surface area contributed by atoms with Gasteiger partial charge in [-0.1, -0.05) is 20.8 Å². The molecule has 1 amide bonds. The van der Waals surface area contributed by atoms with E-state index in [9.17, 15) is 4.79 Å². The van der Waals surface area contributed by atoms with Crippen molar-refractivity contribution in [2.24, 2.45) is 0 Å². The highest BCUT2D eigenvalue weighted by Crippen LogP contribution is 2.21. The molecule has 0 unspecified atom stereocenters. The second-order valence-corrected chi connectivity index (χ2v) is 6.26. The predicted molar refractivity (Wildman–Crippen MR) is 66.7 cm³/mol. The van der Waals surface area contributed by atoms with Crippen LogP contribution in [0.3, 0.4) is 0 Å². The third-order valence-electron chi connectivity index (χ3n) is 2.24. The number of carbonyl (C=O) groups is 1. The van der Waals surface area contributed by atoms with Gasteiger partial charge in [-0.3, -0.25) is 4.79 Å². The van der Waals surface area contributed by atoms with Crippen molar-refractivity contribution in [2.75, 3.05) is 0 Å². The molecule has 0 aromatic carbocycles. The molecule has 0 aliphatic heterocycles. The van der Waals surface area contributed by atoms with Crippen LogP contribution in [0.2, 0.25) is 0 Å². The third kappa shape index (κ3) is 3.40. The maximum Gasteiger partial charge on any atom is 0.253 e. The fraction of sp³-hybridized carbons (Fsp3) is 0.615. The van der Waals surface area contributed by atoms with E-state index in [2.05, 4.69) is 31.1 Å². The summed E-state index contributed by atoms with van der Waals surface area (Å²) in [5.74, 6) is -0.0285. The summed E-state index contributed by atoms with van der Waals surface area (Å²) in [6.45, 7) is 12.3. The van der Waals surface area contributed by atoms with Crippen LogP contribution in [-0.2, 0) is 5.41 Å². The van der Waals surface area contributed by atoms with Crippen LogP contribution < -0.4 is 5.32 Å². The average molecular weight is 222 g/mol. The summed E-state index contributed by atoms with van der Waals surface area (Å²) in [4.78, 5) is 15.0. The highest BCUT2D eigenvalue weighted by molar-refractivity contribution is 5.94. The van der Waals surface area contributed by atoms with E-state index in [1.807, 2.05) is 26.8 Å². The van der Waals surface area contributed by atoms with Gasteiger partial charge in [0.15, 0.2) is 0 Å². The van der Waals surface area contributed by atoms with Gasteiger partial charge in [0.1, 0.15) is 0 Å². The number of hydrogen-bond acceptors (Lipinski definition) is 1. The molecule has 0 aliphatic rings. The molecule has 1 aromatic heterocycles. The van der Waals surface area contributed by atoms with Crippen LogP contribution in [0.15, 0.2) is 12.3 Å². The topological polar surface area (TPSA) is 44.9 Å². The molecule has 1 heterocycles. The monoisotopic (exact) mass is 222 g/mol. The Morgan fingerprint density at radius 2 is 1.75 bits per heavy atom. The molecule has 0 atom stereocenters. The van der Waals surface area contributed by atoms with Crippen LogP contribution in [0.5, 0.6) is 0 Å². The second kappa shape index (κ2) is 3.96. The smallest absolute Gasteiger partial charge is 0.253 e. The number of aromatic nitrogens is 1. The molecular formula is C13H22N2O. The maximum absolute atomic E-state index is 11.9. The Morgan fingerprint density at radius 1 is 1.19 bits per heavy atom. The number of hydrogen-bond donors (Lipinski definition) is 2. The Bertz CT molecular complexity index is 377. The molecule has 0 aliphatic carbocycles.